The summed E-state index contributed by atoms with van der Waals surface area (Å²) in [5.41, 5.74) is -0.508. The highest BCUT2D eigenvalue weighted by Crippen LogP contribution is 2.23. The number of nitrogens with zero attached hydrogens (tertiary/aromatic N) is 4. The van der Waals surface area contributed by atoms with Crippen molar-refractivity contribution in [2.75, 3.05) is 13.2 Å². The number of aromatic nitrogens is 4. The van der Waals surface area contributed by atoms with Crippen LogP contribution in [0.5, 0.6) is 11.8 Å². The van der Waals surface area contributed by atoms with Gasteiger partial charge in [-0.1, -0.05) is 31.2 Å². The minimum atomic E-state index is -1.27. The molecule has 0 fully saturated rings. The summed E-state index contributed by atoms with van der Waals surface area (Å²) in [5.74, 6) is -4.12. The van der Waals surface area contributed by atoms with Gasteiger partial charge in [0.25, 0.3) is 0 Å². The van der Waals surface area contributed by atoms with Gasteiger partial charge in [0.15, 0.2) is 23.0 Å². The van der Waals surface area contributed by atoms with Crippen molar-refractivity contribution < 1.29 is 47.6 Å². The summed E-state index contributed by atoms with van der Waals surface area (Å²) in [5, 5.41) is 25.4. The molecule has 0 spiro atoms. The first kappa shape index (κ1) is 30.1. The summed E-state index contributed by atoms with van der Waals surface area (Å²) in [4.78, 5) is 44.1. The number of carbonyl (C=O) groups is 4. The van der Waals surface area contributed by atoms with E-state index in [4.69, 9.17) is 19.7 Å². The van der Waals surface area contributed by atoms with Crippen LogP contribution in [-0.2, 0) is 9.59 Å². The van der Waals surface area contributed by atoms with Crippen LogP contribution in [0.4, 0.5) is 8.78 Å². The second-order valence-corrected chi connectivity index (χ2v) is 8.24. The number of carboxylic acid groups (broad SMARTS) is 2. The van der Waals surface area contributed by atoms with Crippen molar-refractivity contribution in [1.29, 1.82) is 0 Å². The molecule has 4 rings (SSSR count). The van der Waals surface area contributed by atoms with Gasteiger partial charge in [-0.2, -0.15) is 19.6 Å². The molecule has 0 atom stereocenters. The maximum Gasteiger partial charge on any atom is 0.356 e. The average Bonchev–Trinajstić information content (AvgIpc) is 3.56. The molecule has 0 saturated carbocycles. The van der Waals surface area contributed by atoms with Gasteiger partial charge in [-0.15, -0.1) is 0 Å². The van der Waals surface area contributed by atoms with Crippen LogP contribution in [0.2, 0.25) is 0 Å². The number of ketones is 2. The standard InChI is InChI=1S/C14H13FN2O4.C13H11FN2O4/c1-2-9(18)8-21-13-7-11(14(19)20)16-17(13)12-6-4-3-5-10(12)15;1-8(17)7-20-12-6-10(13(18)19)15-16(12)11-5-3-2-4-9(11)14/h3-7H,2,8H2,1H3,(H,19,20);2-6H,7H2,1H3,(H,18,19). The monoisotopic (exact) mass is 570 g/mol. The van der Waals surface area contributed by atoms with E-state index in [1.165, 1.54) is 43.3 Å². The molecule has 0 amide bonds. The van der Waals surface area contributed by atoms with Gasteiger partial charge in [0.1, 0.15) is 36.2 Å². The normalized spacial score (nSPS) is 10.3. The molecule has 0 aliphatic carbocycles. The van der Waals surface area contributed by atoms with Gasteiger partial charge in [-0.3, -0.25) is 9.59 Å². The molecule has 2 N–H and O–H groups in total. The number of hydrogen-bond donors (Lipinski definition) is 2. The summed E-state index contributed by atoms with van der Waals surface area (Å²) < 4.78 is 40.0. The van der Waals surface area contributed by atoms with Gasteiger partial charge in [0.2, 0.25) is 11.8 Å². The van der Waals surface area contributed by atoms with Crippen LogP contribution in [0, 0.1) is 11.6 Å². The van der Waals surface area contributed by atoms with Crippen molar-refractivity contribution in [3.8, 4) is 23.1 Å². The maximum absolute atomic E-state index is 13.8. The van der Waals surface area contributed by atoms with Crippen LogP contribution in [-0.4, -0.2) is 66.5 Å². The number of carbonyl (C=O) groups excluding carboxylic acids is 2. The second kappa shape index (κ2) is 13.6. The average molecular weight is 571 g/mol. The molecule has 4 aromatic rings. The fourth-order valence-corrected chi connectivity index (χ4v) is 3.17. The molecule has 0 aliphatic rings. The lowest BCUT2D eigenvalue weighted by molar-refractivity contribution is -0.121. The third kappa shape index (κ3) is 7.81. The minimum absolute atomic E-state index is 0.000648. The Balaban J connectivity index is 0.000000226. The molecule has 2 heterocycles. The third-order valence-electron chi connectivity index (χ3n) is 5.15. The zero-order chi connectivity index (χ0) is 30.1. The Morgan fingerprint density at radius 1 is 0.756 bits per heavy atom. The molecule has 2 aromatic heterocycles. The van der Waals surface area contributed by atoms with Crippen LogP contribution in [0.3, 0.4) is 0 Å². The molecule has 41 heavy (non-hydrogen) atoms. The van der Waals surface area contributed by atoms with E-state index in [1.807, 2.05) is 0 Å². The Kier molecular flexibility index (Phi) is 10.00. The van der Waals surface area contributed by atoms with E-state index >= 15 is 0 Å². The van der Waals surface area contributed by atoms with Crippen LogP contribution >= 0.6 is 0 Å². The van der Waals surface area contributed by atoms with Crippen LogP contribution in [0.25, 0.3) is 11.4 Å². The smallest absolute Gasteiger partial charge is 0.356 e. The van der Waals surface area contributed by atoms with E-state index in [-0.39, 0.29) is 59.3 Å². The van der Waals surface area contributed by atoms with E-state index < -0.39 is 23.6 Å². The number of aromatic carboxylic acids is 2. The Morgan fingerprint density at radius 2 is 1.17 bits per heavy atom. The predicted molar refractivity (Wildman–Crippen MR) is 138 cm³/mol. The number of ether oxygens (including phenoxy) is 2. The van der Waals surface area contributed by atoms with Gasteiger partial charge >= 0.3 is 11.9 Å². The summed E-state index contributed by atoms with van der Waals surface area (Å²) >= 11 is 0. The highest BCUT2D eigenvalue weighted by molar-refractivity contribution is 5.86. The topological polar surface area (TPSA) is 163 Å². The van der Waals surface area contributed by atoms with Crippen molar-refractivity contribution in [2.24, 2.45) is 0 Å². The van der Waals surface area contributed by atoms with E-state index in [0.717, 1.165) is 21.5 Å². The summed E-state index contributed by atoms with van der Waals surface area (Å²) in [6, 6.07) is 13.7. The lowest BCUT2D eigenvalue weighted by Crippen LogP contribution is -2.12. The van der Waals surface area contributed by atoms with E-state index in [1.54, 1.807) is 19.1 Å². The fraction of sp³-hybridized carbons (Fsp3) is 0.185. The first-order valence-electron chi connectivity index (χ1n) is 11.9. The molecular weight excluding hydrogens is 546 g/mol. The second-order valence-electron chi connectivity index (χ2n) is 8.24. The molecule has 12 nitrogen and oxygen atoms in total. The maximum atomic E-state index is 13.8. The summed E-state index contributed by atoms with van der Waals surface area (Å²) in [7, 11) is 0. The van der Waals surface area contributed by atoms with E-state index in [0.29, 0.717) is 6.42 Å². The minimum Gasteiger partial charge on any atom is -0.476 e. The molecule has 0 bridgehead atoms. The Labute approximate surface area is 231 Å². The molecular formula is C27H24F2N4O8. The molecule has 0 radical (unpaired) electrons. The number of rotatable bonds is 11. The fourth-order valence-electron chi connectivity index (χ4n) is 3.17. The first-order valence-corrected chi connectivity index (χ1v) is 11.9. The number of Topliss-reactive ketones (excluding diaryl/α,β-unsaturated/α-hetero) is 2. The largest absolute Gasteiger partial charge is 0.476 e. The van der Waals surface area contributed by atoms with Crippen molar-refractivity contribution in [3.63, 3.8) is 0 Å². The molecule has 0 aliphatic heterocycles. The molecule has 214 valence electrons. The molecule has 2 aromatic carbocycles. The highest BCUT2D eigenvalue weighted by Gasteiger charge is 2.19. The van der Waals surface area contributed by atoms with Crippen LogP contribution < -0.4 is 9.47 Å². The SMILES string of the molecule is CC(=O)COc1cc(C(=O)O)nn1-c1ccccc1F.CCC(=O)COc1cc(C(=O)O)nn1-c1ccccc1F. The van der Waals surface area contributed by atoms with Gasteiger partial charge in [0, 0.05) is 18.6 Å². The predicted octanol–water partition coefficient (Wildman–Crippen LogP) is 3.74. The Morgan fingerprint density at radius 3 is 1.54 bits per heavy atom. The Bertz CT molecular complexity index is 1580. The molecule has 14 heteroatoms. The Hall–Kier alpha value is -5.40. The van der Waals surface area contributed by atoms with Gasteiger partial charge in [0.05, 0.1) is 0 Å². The first-order chi connectivity index (χ1) is 19.5. The van der Waals surface area contributed by atoms with Crippen molar-refractivity contribution >= 4 is 23.5 Å². The zero-order valence-corrected chi connectivity index (χ0v) is 21.8. The van der Waals surface area contributed by atoms with Crippen LogP contribution in [0.15, 0.2) is 60.7 Å². The van der Waals surface area contributed by atoms with Crippen molar-refractivity contribution in [1.82, 2.24) is 19.6 Å². The number of carboxylic acids is 2. The zero-order valence-electron chi connectivity index (χ0n) is 21.8. The van der Waals surface area contributed by atoms with E-state index in [9.17, 15) is 28.0 Å². The number of halogens is 2. The highest BCUT2D eigenvalue weighted by atomic mass is 19.1. The number of hydrogen-bond acceptors (Lipinski definition) is 8. The van der Waals surface area contributed by atoms with Crippen LogP contribution in [0.1, 0.15) is 41.2 Å². The third-order valence-corrected chi connectivity index (χ3v) is 5.15. The number of benzene rings is 2. The molecule has 0 unspecified atom stereocenters. The summed E-state index contributed by atoms with van der Waals surface area (Å²) in [6.07, 6.45) is 0.291. The quantitative estimate of drug-likeness (QED) is 0.272. The molecule has 0 saturated heterocycles. The lowest BCUT2D eigenvalue weighted by atomic mass is 10.3. The van der Waals surface area contributed by atoms with Crippen molar-refractivity contribution in [2.45, 2.75) is 20.3 Å². The van der Waals surface area contributed by atoms with Gasteiger partial charge in [-0.05, 0) is 31.2 Å². The van der Waals surface area contributed by atoms with E-state index in [2.05, 4.69) is 10.2 Å². The summed E-state index contributed by atoms with van der Waals surface area (Å²) in [6.45, 7) is 2.53. The van der Waals surface area contributed by atoms with Crippen molar-refractivity contribution in [3.05, 3.63) is 83.7 Å². The number of para-hydroxylation sites is 2. The van der Waals surface area contributed by atoms with Gasteiger partial charge < -0.3 is 19.7 Å². The lowest BCUT2D eigenvalue weighted by Gasteiger charge is -2.08. The van der Waals surface area contributed by atoms with Gasteiger partial charge in [-0.25, -0.2) is 18.4 Å².